The van der Waals surface area contributed by atoms with Crippen LogP contribution < -0.4 is 9.97 Å². The van der Waals surface area contributed by atoms with E-state index in [1.807, 2.05) is 36.4 Å². The second-order valence-electron chi connectivity index (χ2n) is 11.2. The third-order valence-electron chi connectivity index (χ3n) is 7.20. The Labute approximate surface area is 220 Å². The zero-order chi connectivity index (χ0) is 24.5. The Kier molecular flexibility index (Phi) is 5.91. The van der Waals surface area contributed by atoms with Gasteiger partial charge in [-0.1, -0.05) is 12.1 Å². The molecule has 8 bridgehead atoms. The summed E-state index contributed by atoms with van der Waals surface area (Å²) in [7, 11) is 0. The van der Waals surface area contributed by atoms with Gasteiger partial charge in [-0.05, 0) is 79.7 Å². The summed E-state index contributed by atoms with van der Waals surface area (Å²) < 4.78 is 0. The molecule has 8 nitrogen and oxygen atoms in total. The number of hydrogen-bond donors (Lipinski definition) is 0. The van der Waals surface area contributed by atoms with E-state index in [1.165, 1.54) is 0 Å². The summed E-state index contributed by atoms with van der Waals surface area (Å²) in [6.07, 6.45) is 0. The van der Waals surface area contributed by atoms with Gasteiger partial charge in [-0.3, -0.25) is 9.97 Å². The molecule has 0 amide bonds. The summed E-state index contributed by atoms with van der Waals surface area (Å²) in [4.78, 5) is 19.9. The van der Waals surface area contributed by atoms with Crippen molar-refractivity contribution in [1.29, 1.82) is 0 Å². The van der Waals surface area contributed by atoms with Gasteiger partial charge in [0.1, 0.15) is 0 Å². The first-order valence-corrected chi connectivity index (χ1v) is 11.6. The number of fused-ring (bicyclic) bond motifs is 8. The fourth-order valence-electron chi connectivity index (χ4n) is 4.26. The van der Waals surface area contributed by atoms with Crippen LogP contribution in [-0.4, -0.2) is 30.4 Å². The number of nitrogens with zero attached hydrogens (tertiary/aromatic N) is 8. The minimum Gasteiger partial charge on any atom is -0.365 e. The van der Waals surface area contributed by atoms with Crippen molar-refractivity contribution in [2.45, 2.75) is 77.0 Å². The summed E-state index contributed by atoms with van der Waals surface area (Å²) in [5.74, 6) is 2.54. The Morgan fingerprint density at radius 1 is 0.457 bits per heavy atom. The van der Waals surface area contributed by atoms with Crippen molar-refractivity contribution in [2.24, 2.45) is 0 Å². The first-order valence-electron chi connectivity index (χ1n) is 11.6. The Hall–Kier alpha value is -2.73. The monoisotopic (exact) mass is 649 g/mol. The minimum atomic E-state index is -0.544. The summed E-state index contributed by atoms with van der Waals surface area (Å²) in [5.41, 5.74) is 1.28. The minimum absolute atomic E-state index is 0. The van der Waals surface area contributed by atoms with E-state index >= 15 is 0 Å². The number of rotatable bonds is 0. The van der Waals surface area contributed by atoms with Gasteiger partial charge in [-0.25, -0.2) is 0 Å². The van der Waals surface area contributed by atoms with Gasteiger partial charge in [0.25, 0.3) is 0 Å². The van der Waals surface area contributed by atoms with E-state index in [1.54, 1.807) is 0 Å². The van der Waals surface area contributed by atoms with Crippen molar-refractivity contribution in [3.8, 4) is 0 Å². The first-order chi connectivity index (χ1) is 15.8. The van der Waals surface area contributed by atoms with Gasteiger partial charge in [-0.2, -0.15) is 0 Å². The first kappa shape index (κ1) is 25.4. The van der Waals surface area contributed by atoms with Crippen molar-refractivity contribution in [3.63, 3.8) is 0 Å². The van der Waals surface area contributed by atoms with Crippen LogP contribution in [-0.2, 0) is 42.7 Å². The van der Waals surface area contributed by atoms with Gasteiger partial charge in [0, 0.05) is 45.0 Å². The Bertz CT molecular complexity index is 1180. The molecule has 0 aromatic carbocycles. The van der Waals surface area contributed by atoms with Gasteiger partial charge in [0.2, 0.25) is 0 Å². The molecule has 4 aromatic heterocycles. The molecule has 0 N–H and O–H groups in total. The van der Waals surface area contributed by atoms with Gasteiger partial charge in [0.15, 0.2) is 0 Å². The fraction of sp³-hybridized carbons (Fsp3) is 0.462. The predicted molar refractivity (Wildman–Crippen MR) is 128 cm³/mol. The van der Waals surface area contributed by atoms with E-state index in [2.05, 4.69) is 75.8 Å². The average Bonchev–Trinajstić information content (AvgIpc) is 3.50. The maximum atomic E-state index is 5.04. The largest absolute Gasteiger partial charge is 2.00 e. The van der Waals surface area contributed by atoms with Crippen molar-refractivity contribution >= 4 is 0 Å². The molecule has 0 atom stereocenters. The van der Waals surface area contributed by atoms with E-state index in [0.717, 1.165) is 22.8 Å². The molecule has 1 aliphatic rings. The van der Waals surface area contributed by atoms with Crippen LogP contribution in [0, 0.1) is 0 Å². The van der Waals surface area contributed by atoms with Crippen LogP contribution in [0.3, 0.4) is 0 Å². The van der Waals surface area contributed by atoms with Crippen molar-refractivity contribution in [3.05, 3.63) is 82.5 Å². The van der Waals surface area contributed by atoms with Crippen LogP contribution in [0.1, 0.15) is 101 Å². The molecule has 5 heterocycles. The van der Waals surface area contributed by atoms with Crippen molar-refractivity contribution in [1.82, 2.24) is 40.3 Å². The summed E-state index contributed by atoms with van der Waals surface area (Å²) in [5, 5.41) is 18.0. The number of aromatic nitrogens is 8. The molecule has 0 unspecified atom stereocenters. The van der Waals surface area contributed by atoms with Crippen LogP contribution >= 0.6 is 0 Å². The van der Waals surface area contributed by atoms with Crippen molar-refractivity contribution < 1.29 is 21.1 Å². The molecule has 5 rings (SSSR count). The zero-order valence-electron chi connectivity index (χ0n) is 21.4. The van der Waals surface area contributed by atoms with Crippen LogP contribution in [0.5, 0.6) is 0 Å². The van der Waals surface area contributed by atoms with Gasteiger partial charge >= 0.3 is 21.1 Å². The topological polar surface area (TPSA) is 106 Å². The summed E-state index contributed by atoms with van der Waals surface area (Å²) in [6, 6.07) is 12.1. The maximum Gasteiger partial charge on any atom is 2.00 e. The maximum absolute atomic E-state index is 5.04. The predicted octanol–water partition coefficient (Wildman–Crippen LogP) is 3.59. The average molecular weight is 650 g/mol. The SMILES string of the molecule is CC1(C)c2cccc(n2)C(C)(C)c2nnc([n-]2)C(C)(C)c2cccc(n2)C(C)(C)c2nnc1[n-]2.[Pt+2]. The molecule has 4 aromatic rings. The second-order valence-corrected chi connectivity index (χ2v) is 11.2. The number of pyridine rings is 2. The van der Waals surface area contributed by atoms with Crippen molar-refractivity contribution in [2.75, 3.05) is 0 Å². The molecule has 0 saturated heterocycles. The van der Waals surface area contributed by atoms with Crippen LogP contribution in [0.2, 0.25) is 0 Å². The Morgan fingerprint density at radius 2 is 0.686 bits per heavy atom. The molecule has 0 radical (unpaired) electrons. The number of hydrogen-bond acceptors (Lipinski definition) is 6. The third kappa shape index (κ3) is 3.86. The van der Waals surface area contributed by atoms with E-state index in [4.69, 9.17) is 19.9 Å². The second kappa shape index (κ2) is 8.16. The summed E-state index contributed by atoms with van der Waals surface area (Å²) in [6.45, 7) is 16.6. The van der Waals surface area contributed by atoms with Crippen LogP contribution in [0.25, 0.3) is 0 Å². The molecule has 0 fully saturated rings. The normalized spacial score (nSPS) is 19.0. The summed E-state index contributed by atoms with van der Waals surface area (Å²) >= 11 is 0. The van der Waals surface area contributed by atoms with E-state index in [0.29, 0.717) is 23.3 Å². The quantitative estimate of drug-likeness (QED) is 0.285. The Balaban J connectivity index is 0.00000289. The van der Waals surface area contributed by atoms with Gasteiger partial charge in [-0.15, -0.1) is 0 Å². The standard InChI is InChI=1S/C26H30N8.Pt/c1-23(2)15-11-9-12-16(27-15)24(3,4)21-30-22(34-33-21)26(7,8)18-14-10-13-17(28-18)25(5,6)20-29-19(23)31-32-20;/h9-14H,1-8H3;/q-2;+2. The molecular weight excluding hydrogens is 619 g/mol. The molecule has 1 aliphatic heterocycles. The molecule has 35 heavy (non-hydrogen) atoms. The van der Waals surface area contributed by atoms with Crippen LogP contribution in [0.4, 0.5) is 0 Å². The van der Waals surface area contributed by atoms with E-state index in [9.17, 15) is 0 Å². The molecule has 0 saturated carbocycles. The fourth-order valence-corrected chi connectivity index (χ4v) is 4.26. The molecule has 184 valence electrons. The molecule has 0 aliphatic carbocycles. The van der Waals surface area contributed by atoms with Gasteiger partial charge < -0.3 is 30.4 Å². The van der Waals surface area contributed by atoms with E-state index < -0.39 is 21.7 Å². The Morgan fingerprint density at radius 3 is 0.914 bits per heavy atom. The molecule has 9 heteroatoms. The zero-order valence-corrected chi connectivity index (χ0v) is 23.6. The molecule has 0 spiro atoms. The third-order valence-corrected chi connectivity index (χ3v) is 7.20. The van der Waals surface area contributed by atoms with E-state index in [-0.39, 0.29) is 21.1 Å². The smallest absolute Gasteiger partial charge is 0.365 e. The molecular formula is C26H30N8Pt. The van der Waals surface area contributed by atoms with Crippen LogP contribution in [0.15, 0.2) is 36.4 Å². The van der Waals surface area contributed by atoms with Gasteiger partial charge in [0.05, 0.1) is 22.8 Å².